The van der Waals surface area contributed by atoms with Gasteiger partial charge in [-0.3, -0.25) is 4.79 Å². The number of carbonyl (C=O) groups excluding carboxylic acids is 1. The first-order valence-electron chi connectivity index (χ1n) is 5.69. The highest BCUT2D eigenvalue weighted by Gasteiger charge is 2.28. The lowest BCUT2D eigenvalue weighted by Gasteiger charge is -2.37. The van der Waals surface area contributed by atoms with Crippen LogP contribution >= 0.6 is 22.9 Å². The third-order valence-electron chi connectivity index (χ3n) is 3.07. The summed E-state index contributed by atoms with van der Waals surface area (Å²) >= 11 is 7.40. The summed E-state index contributed by atoms with van der Waals surface area (Å²) in [6, 6.07) is 4.45. The number of nitrogens with zero attached hydrogens (tertiary/aromatic N) is 1. The van der Waals surface area contributed by atoms with E-state index in [1.807, 2.05) is 22.4 Å². The molecular formula is C12H16ClNOS. The largest absolute Gasteiger partial charge is 0.338 e. The average Bonchev–Trinajstić information content (AvgIpc) is 2.67. The molecule has 2 rings (SSSR count). The van der Waals surface area contributed by atoms with Gasteiger partial charge in [-0.05, 0) is 30.7 Å². The fourth-order valence-electron chi connectivity index (χ4n) is 1.96. The highest BCUT2D eigenvalue weighted by molar-refractivity contribution is 7.10. The molecule has 2 nitrogen and oxygen atoms in total. The van der Waals surface area contributed by atoms with Crippen molar-refractivity contribution in [2.24, 2.45) is 0 Å². The van der Waals surface area contributed by atoms with Crippen LogP contribution in [-0.2, 0) is 11.2 Å². The fourth-order valence-corrected chi connectivity index (χ4v) is 2.84. The van der Waals surface area contributed by atoms with Crippen molar-refractivity contribution >= 4 is 28.8 Å². The van der Waals surface area contributed by atoms with Crippen molar-refractivity contribution in [2.75, 3.05) is 12.4 Å². The van der Waals surface area contributed by atoms with Gasteiger partial charge in [-0.2, -0.15) is 0 Å². The number of halogens is 1. The Balaban J connectivity index is 1.93. The van der Waals surface area contributed by atoms with Crippen molar-refractivity contribution < 1.29 is 4.79 Å². The van der Waals surface area contributed by atoms with E-state index in [0.717, 1.165) is 17.7 Å². The van der Waals surface area contributed by atoms with Crippen LogP contribution in [0.25, 0.3) is 0 Å². The number of carbonyl (C=O) groups is 1. The standard InChI is InChI=1S/C12H16ClNOS/c13-6-7-14(10-3-1-4-10)12(15)9-11-5-2-8-16-11/h2,5,8,10H,1,3-4,6-7,9H2. The Bertz CT molecular complexity index is 335. The number of thiophene rings is 1. The van der Waals surface area contributed by atoms with Gasteiger partial charge in [0.2, 0.25) is 5.91 Å². The van der Waals surface area contributed by atoms with Gasteiger partial charge in [0.05, 0.1) is 6.42 Å². The van der Waals surface area contributed by atoms with E-state index in [1.165, 1.54) is 6.42 Å². The van der Waals surface area contributed by atoms with Crippen LogP contribution in [0, 0.1) is 0 Å². The lowest BCUT2D eigenvalue weighted by molar-refractivity contribution is -0.134. The number of alkyl halides is 1. The molecule has 0 aromatic carbocycles. The lowest BCUT2D eigenvalue weighted by Crippen LogP contribution is -2.45. The topological polar surface area (TPSA) is 20.3 Å². The van der Waals surface area contributed by atoms with Gasteiger partial charge in [-0.1, -0.05) is 6.07 Å². The van der Waals surface area contributed by atoms with Crippen LogP contribution in [0.3, 0.4) is 0 Å². The summed E-state index contributed by atoms with van der Waals surface area (Å²) in [5, 5.41) is 2.01. The highest BCUT2D eigenvalue weighted by Crippen LogP contribution is 2.25. The summed E-state index contributed by atoms with van der Waals surface area (Å²) in [6.45, 7) is 0.691. The molecule has 0 spiro atoms. The molecule has 88 valence electrons. The van der Waals surface area contributed by atoms with Gasteiger partial charge in [0, 0.05) is 23.3 Å². The summed E-state index contributed by atoms with van der Waals surface area (Å²) in [4.78, 5) is 15.2. The van der Waals surface area contributed by atoms with Gasteiger partial charge >= 0.3 is 0 Å². The van der Waals surface area contributed by atoms with E-state index in [0.29, 0.717) is 24.9 Å². The molecule has 1 saturated carbocycles. The second kappa shape index (κ2) is 5.69. The first-order chi connectivity index (χ1) is 7.81. The zero-order valence-electron chi connectivity index (χ0n) is 9.19. The van der Waals surface area contributed by atoms with Gasteiger partial charge in [-0.15, -0.1) is 22.9 Å². The second-order valence-corrected chi connectivity index (χ2v) is 5.53. The Kier molecular flexibility index (Phi) is 4.24. The van der Waals surface area contributed by atoms with Crippen LogP contribution in [0.2, 0.25) is 0 Å². The normalized spacial score (nSPS) is 15.8. The molecule has 1 aliphatic rings. The summed E-state index contributed by atoms with van der Waals surface area (Å²) in [6.07, 6.45) is 4.07. The van der Waals surface area contributed by atoms with E-state index in [1.54, 1.807) is 11.3 Å². The summed E-state index contributed by atoms with van der Waals surface area (Å²) in [5.41, 5.74) is 0. The summed E-state index contributed by atoms with van der Waals surface area (Å²) in [5.74, 6) is 0.764. The molecule has 1 aromatic rings. The molecule has 1 fully saturated rings. The summed E-state index contributed by atoms with van der Waals surface area (Å²) < 4.78 is 0. The summed E-state index contributed by atoms with van der Waals surface area (Å²) in [7, 11) is 0. The minimum atomic E-state index is 0.229. The minimum Gasteiger partial charge on any atom is -0.338 e. The molecule has 0 saturated heterocycles. The zero-order chi connectivity index (χ0) is 11.4. The van der Waals surface area contributed by atoms with Crippen molar-refractivity contribution in [3.05, 3.63) is 22.4 Å². The molecule has 0 aliphatic heterocycles. The van der Waals surface area contributed by atoms with Crippen molar-refractivity contribution in [3.63, 3.8) is 0 Å². The third-order valence-corrected chi connectivity index (χ3v) is 4.11. The number of rotatable bonds is 5. The highest BCUT2D eigenvalue weighted by atomic mass is 35.5. The molecule has 0 radical (unpaired) electrons. The van der Waals surface area contributed by atoms with Gasteiger partial charge in [0.1, 0.15) is 0 Å². The number of amides is 1. The van der Waals surface area contributed by atoms with Gasteiger partial charge < -0.3 is 4.90 Å². The van der Waals surface area contributed by atoms with E-state index in [4.69, 9.17) is 11.6 Å². The first-order valence-corrected chi connectivity index (χ1v) is 7.10. The molecule has 0 N–H and O–H groups in total. The molecule has 0 unspecified atom stereocenters. The predicted octanol–water partition coefficient (Wildman–Crippen LogP) is 2.91. The average molecular weight is 258 g/mol. The first kappa shape index (κ1) is 11.9. The van der Waals surface area contributed by atoms with Crippen molar-refractivity contribution in [1.82, 2.24) is 4.90 Å². The van der Waals surface area contributed by atoms with Crippen molar-refractivity contribution in [3.8, 4) is 0 Å². The molecule has 1 aliphatic carbocycles. The van der Waals surface area contributed by atoms with E-state index in [9.17, 15) is 4.79 Å². The van der Waals surface area contributed by atoms with Crippen molar-refractivity contribution in [2.45, 2.75) is 31.7 Å². The maximum Gasteiger partial charge on any atom is 0.228 e. The number of hydrogen-bond acceptors (Lipinski definition) is 2. The van der Waals surface area contributed by atoms with Gasteiger partial charge in [0.15, 0.2) is 0 Å². The van der Waals surface area contributed by atoms with Crippen LogP contribution in [0.5, 0.6) is 0 Å². The van der Waals surface area contributed by atoms with Gasteiger partial charge in [0.25, 0.3) is 0 Å². The van der Waals surface area contributed by atoms with E-state index < -0.39 is 0 Å². The monoisotopic (exact) mass is 257 g/mol. The molecule has 4 heteroatoms. The Hall–Kier alpha value is -0.540. The third kappa shape index (κ3) is 2.77. The van der Waals surface area contributed by atoms with Crippen LogP contribution in [-0.4, -0.2) is 29.3 Å². The molecule has 0 atom stereocenters. The molecule has 1 amide bonds. The smallest absolute Gasteiger partial charge is 0.228 e. The minimum absolute atomic E-state index is 0.229. The van der Waals surface area contributed by atoms with E-state index in [2.05, 4.69) is 0 Å². The van der Waals surface area contributed by atoms with E-state index in [-0.39, 0.29) is 5.91 Å². The maximum atomic E-state index is 12.1. The van der Waals surface area contributed by atoms with Crippen molar-refractivity contribution in [1.29, 1.82) is 0 Å². The Morgan fingerprint density at radius 3 is 2.88 bits per heavy atom. The predicted molar refractivity (Wildman–Crippen MR) is 68.1 cm³/mol. The Morgan fingerprint density at radius 1 is 1.56 bits per heavy atom. The molecule has 1 aromatic heterocycles. The van der Waals surface area contributed by atoms with Crippen LogP contribution in [0.15, 0.2) is 17.5 Å². The quantitative estimate of drug-likeness (QED) is 0.743. The lowest BCUT2D eigenvalue weighted by atomic mass is 9.91. The molecule has 0 bridgehead atoms. The molecule has 16 heavy (non-hydrogen) atoms. The van der Waals surface area contributed by atoms with Crippen LogP contribution < -0.4 is 0 Å². The molecular weight excluding hydrogens is 242 g/mol. The molecule has 1 heterocycles. The number of hydrogen-bond donors (Lipinski definition) is 0. The Labute approximate surface area is 105 Å². The van der Waals surface area contributed by atoms with Crippen LogP contribution in [0.1, 0.15) is 24.1 Å². The second-order valence-electron chi connectivity index (χ2n) is 4.12. The Morgan fingerprint density at radius 2 is 2.38 bits per heavy atom. The van der Waals surface area contributed by atoms with Crippen LogP contribution in [0.4, 0.5) is 0 Å². The van der Waals surface area contributed by atoms with Gasteiger partial charge in [-0.25, -0.2) is 0 Å². The fraction of sp³-hybridized carbons (Fsp3) is 0.583. The van der Waals surface area contributed by atoms with E-state index >= 15 is 0 Å². The maximum absolute atomic E-state index is 12.1. The SMILES string of the molecule is O=C(Cc1cccs1)N(CCCl)C1CCC1. The zero-order valence-corrected chi connectivity index (χ0v) is 10.8.